The Balaban J connectivity index is 1.48. The molecule has 1 unspecified atom stereocenters. The first kappa shape index (κ1) is 18.0. The number of pyridine rings is 1. The smallest absolute Gasteiger partial charge is 0.191 e. The van der Waals surface area contributed by atoms with Gasteiger partial charge in [0, 0.05) is 39.0 Å². The van der Waals surface area contributed by atoms with Gasteiger partial charge < -0.3 is 15.0 Å². The van der Waals surface area contributed by atoms with Gasteiger partial charge in [0.1, 0.15) is 5.65 Å². The minimum absolute atomic E-state index is 0.427. The summed E-state index contributed by atoms with van der Waals surface area (Å²) in [5, 5.41) is 6.78. The number of rotatable bonds is 6. The van der Waals surface area contributed by atoms with E-state index >= 15 is 0 Å². The van der Waals surface area contributed by atoms with Crippen LogP contribution < -0.4 is 10.6 Å². The van der Waals surface area contributed by atoms with Gasteiger partial charge in [0.25, 0.3) is 0 Å². The Kier molecular flexibility index (Phi) is 5.89. The summed E-state index contributed by atoms with van der Waals surface area (Å²) in [5.74, 6) is 1.25. The van der Waals surface area contributed by atoms with Crippen molar-refractivity contribution in [3.63, 3.8) is 0 Å². The highest BCUT2D eigenvalue weighted by molar-refractivity contribution is 5.79. The highest BCUT2D eigenvalue weighted by atomic mass is 15.2. The molecule has 5 heteroatoms. The van der Waals surface area contributed by atoms with E-state index in [2.05, 4.69) is 70.4 Å². The van der Waals surface area contributed by atoms with Crippen molar-refractivity contribution in [1.29, 1.82) is 0 Å². The van der Waals surface area contributed by atoms with Crippen LogP contribution in [0.4, 0.5) is 0 Å². The molecule has 0 radical (unpaired) electrons. The van der Waals surface area contributed by atoms with E-state index in [4.69, 9.17) is 4.98 Å². The van der Waals surface area contributed by atoms with Gasteiger partial charge in [-0.15, -0.1) is 0 Å². The lowest BCUT2D eigenvalue weighted by atomic mass is 10.0. The number of hydrogen-bond acceptors (Lipinski definition) is 2. The molecule has 0 saturated carbocycles. The Morgan fingerprint density at radius 2 is 1.96 bits per heavy atom. The van der Waals surface area contributed by atoms with Crippen LogP contribution in [0, 0.1) is 6.92 Å². The Labute approximate surface area is 155 Å². The molecule has 2 aromatic heterocycles. The Hall–Kier alpha value is -2.82. The number of fused-ring (bicyclic) bond motifs is 1. The van der Waals surface area contributed by atoms with E-state index in [1.54, 1.807) is 7.05 Å². The van der Waals surface area contributed by atoms with Gasteiger partial charge in [-0.05, 0) is 30.0 Å². The standard InChI is InChI=1S/C21H27N5/c1-16-8-7-13-26-15-19(25-20(16)26)11-12-23-21(22-3)24-14-17(2)18-9-5-4-6-10-18/h4-10,13,15,17H,11-12,14H2,1-3H3,(H2,22,23,24). The summed E-state index contributed by atoms with van der Waals surface area (Å²) in [4.78, 5) is 9.02. The van der Waals surface area contributed by atoms with Crippen molar-refractivity contribution in [3.05, 3.63) is 71.7 Å². The van der Waals surface area contributed by atoms with Gasteiger partial charge in [-0.3, -0.25) is 4.99 Å². The van der Waals surface area contributed by atoms with Crippen molar-refractivity contribution < 1.29 is 0 Å². The van der Waals surface area contributed by atoms with Gasteiger partial charge in [-0.25, -0.2) is 4.98 Å². The van der Waals surface area contributed by atoms with Gasteiger partial charge in [0.15, 0.2) is 5.96 Å². The molecule has 0 fully saturated rings. The Morgan fingerprint density at radius 3 is 2.69 bits per heavy atom. The van der Waals surface area contributed by atoms with Crippen LogP contribution in [0.3, 0.4) is 0 Å². The summed E-state index contributed by atoms with van der Waals surface area (Å²) in [6.07, 6.45) is 4.99. The number of nitrogens with one attached hydrogen (secondary N) is 2. The Morgan fingerprint density at radius 1 is 1.15 bits per heavy atom. The van der Waals surface area contributed by atoms with Crippen LogP contribution in [-0.4, -0.2) is 35.5 Å². The van der Waals surface area contributed by atoms with Crippen molar-refractivity contribution in [2.75, 3.05) is 20.1 Å². The zero-order chi connectivity index (χ0) is 18.4. The van der Waals surface area contributed by atoms with Gasteiger partial charge in [0.05, 0.1) is 5.69 Å². The molecule has 136 valence electrons. The summed E-state index contributed by atoms with van der Waals surface area (Å²) in [7, 11) is 1.80. The minimum atomic E-state index is 0.427. The number of hydrogen-bond donors (Lipinski definition) is 2. The largest absolute Gasteiger partial charge is 0.356 e. The topological polar surface area (TPSA) is 53.7 Å². The van der Waals surface area contributed by atoms with E-state index in [9.17, 15) is 0 Å². The van der Waals surface area contributed by atoms with Crippen LogP contribution in [0.5, 0.6) is 0 Å². The molecule has 0 aliphatic carbocycles. The first-order valence-electron chi connectivity index (χ1n) is 9.10. The quantitative estimate of drug-likeness (QED) is 0.531. The van der Waals surface area contributed by atoms with Crippen LogP contribution in [0.15, 0.2) is 59.9 Å². The maximum absolute atomic E-state index is 4.71. The van der Waals surface area contributed by atoms with E-state index in [0.717, 1.165) is 36.8 Å². The van der Waals surface area contributed by atoms with Crippen molar-refractivity contribution >= 4 is 11.6 Å². The predicted octanol–water partition coefficient (Wildman–Crippen LogP) is 3.15. The fourth-order valence-corrected chi connectivity index (χ4v) is 3.00. The third-order valence-electron chi connectivity index (χ3n) is 4.57. The Bertz CT molecular complexity index is 866. The average Bonchev–Trinajstić information content (AvgIpc) is 3.09. The average molecular weight is 349 g/mol. The van der Waals surface area contributed by atoms with Gasteiger partial charge in [0.2, 0.25) is 0 Å². The number of benzene rings is 1. The van der Waals surface area contributed by atoms with Crippen LogP contribution in [0.1, 0.15) is 29.7 Å². The number of aryl methyl sites for hydroxylation is 1. The zero-order valence-corrected chi connectivity index (χ0v) is 15.7. The fourth-order valence-electron chi connectivity index (χ4n) is 3.00. The molecule has 0 spiro atoms. The van der Waals surface area contributed by atoms with E-state index in [1.807, 2.05) is 18.3 Å². The van der Waals surface area contributed by atoms with E-state index in [1.165, 1.54) is 11.1 Å². The summed E-state index contributed by atoms with van der Waals surface area (Å²) >= 11 is 0. The first-order valence-corrected chi connectivity index (χ1v) is 9.10. The molecule has 2 N–H and O–H groups in total. The summed E-state index contributed by atoms with van der Waals surface area (Å²) in [6.45, 7) is 5.94. The maximum atomic E-state index is 4.71. The molecule has 26 heavy (non-hydrogen) atoms. The van der Waals surface area contributed by atoms with E-state index in [-0.39, 0.29) is 0 Å². The molecule has 5 nitrogen and oxygen atoms in total. The lowest BCUT2D eigenvalue weighted by Crippen LogP contribution is -2.39. The molecule has 3 aromatic rings. The summed E-state index contributed by atoms with van der Waals surface area (Å²) in [6, 6.07) is 14.7. The second kappa shape index (κ2) is 8.52. The van der Waals surface area contributed by atoms with Crippen molar-refractivity contribution in [2.24, 2.45) is 4.99 Å². The van der Waals surface area contributed by atoms with Gasteiger partial charge in [-0.2, -0.15) is 0 Å². The number of aromatic nitrogens is 2. The molecule has 0 saturated heterocycles. The van der Waals surface area contributed by atoms with Crippen molar-refractivity contribution in [1.82, 2.24) is 20.0 Å². The first-order chi connectivity index (χ1) is 12.7. The summed E-state index contributed by atoms with van der Waals surface area (Å²) < 4.78 is 2.08. The second-order valence-corrected chi connectivity index (χ2v) is 6.60. The molecule has 1 atom stereocenters. The van der Waals surface area contributed by atoms with Gasteiger partial charge >= 0.3 is 0 Å². The fraction of sp³-hybridized carbons (Fsp3) is 0.333. The monoisotopic (exact) mass is 349 g/mol. The van der Waals surface area contributed by atoms with Crippen LogP contribution >= 0.6 is 0 Å². The van der Waals surface area contributed by atoms with Gasteiger partial charge in [-0.1, -0.05) is 43.3 Å². The molecule has 0 bridgehead atoms. The molecule has 0 amide bonds. The third-order valence-corrected chi connectivity index (χ3v) is 4.57. The molecule has 0 aliphatic rings. The lowest BCUT2D eigenvalue weighted by molar-refractivity contribution is 0.697. The van der Waals surface area contributed by atoms with E-state index in [0.29, 0.717) is 5.92 Å². The molecule has 1 aromatic carbocycles. The maximum Gasteiger partial charge on any atom is 0.191 e. The van der Waals surface area contributed by atoms with Crippen molar-refractivity contribution in [3.8, 4) is 0 Å². The second-order valence-electron chi connectivity index (χ2n) is 6.60. The predicted molar refractivity (Wildman–Crippen MR) is 108 cm³/mol. The van der Waals surface area contributed by atoms with Crippen LogP contribution in [0.25, 0.3) is 5.65 Å². The number of guanidine groups is 1. The molecular weight excluding hydrogens is 322 g/mol. The number of imidazole rings is 1. The van der Waals surface area contributed by atoms with E-state index < -0.39 is 0 Å². The third kappa shape index (κ3) is 4.42. The molecule has 3 rings (SSSR count). The zero-order valence-electron chi connectivity index (χ0n) is 15.7. The highest BCUT2D eigenvalue weighted by Gasteiger charge is 2.07. The lowest BCUT2D eigenvalue weighted by Gasteiger charge is -2.16. The number of nitrogens with zero attached hydrogens (tertiary/aromatic N) is 3. The molecular formula is C21H27N5. The van der Waals surface area contributed by atoms with Crippen LogP contribution in [0.2, 0.25) is 0 Å². The normalized spacial score (nSPS) is 13.0. The molecule has 0 aliphatic heterocycles. The number of aliphatic imine (C=N–C) groups is 1. The minimum Gasteiger partial charge on any atom is -0.356 e. The highest BCUT2D eigenvalue weighted by Crippen LogP contribution is 2.13. The SMILES string of the molecule is CN=C(NCCc1cn2cccc(C)c2n1)NCC(C)c1ccccc1. The molecule has 2 heterocycles. The van der Waals surface area contributed by atoms with Crippen molar-refractivity contribution in [2.45, 2.75) is 26.2 Å². The van der Waals surface area contributed by atoms with Crippen LogP contribution in [-0.2, 0) is 6.42 Å². The summed E-state index contributed by atoms with van der Waals surface area (Å²) in [5.41, 5.74) is 4.64.